The number of nitrogens with one attached hydrogen (secondary N) is 1. The van der Waals surface area contributed by atoms with Crippen LogP contribution in [0.3, 0.4) is 0 Å². The van der Waals surface area contributed by atoms with Crippen LogP contribution in [0.4, 0.5) is 0 Å². The number of piperidine rings is 1. The van der Waals surface area contributed by atoms with E-state index in [-0.39, 0.29) is 30.3 Å². The van der Waals surface area contributed by atoms with Crippen LogP contribution in [0.1, 0.15) is 23.2 Å². The van der Waals surface area contributed by atoms with E-state index in [0.29, 0.717) is 44.2 Å². The van der Waals surface area contributed by atoms with Crippen molar-refractivity contribution in [2.45, 2.75) is 18.9 Å². The standard InChI is InChI=1S/C19H27N3O4.ClH/c1-25-10-11-26-17-6-2-4-15(12-17)19(24)21-8-3-5-16(14-21)22-9-7-20-13-18(22)23;/h2,4,6,12,16,20H,3,5,7-11,13-14H2,1H3;1H. The van der Waals surface area contributed by atoms with Crippen molar-refractivity contribution in [2.24, 2.45) is 0 Å². The number of piperazine rings is 1. The maximum atomic E-state index is 12.9. The second kappa shape index (κ2) is 10.5. The summed E-state index contributed by atoms with van der Waals surface area (Å²) < 4.78 is 10.6. The Hall–Kier alpha value is -1.83. The van der Waals surface area contributed by atoms with Gasteiger partial charge in [-0.25, -0.2) is 0 Å². The highest BCUT2D eigenvalue weighted by Crippen LogP contribution is 2.21. The summed E-state index contributed by atoms with van der Waals surface area (Å²) in [5.74, 6) is 0.789. The maximum absolute atomic E-state index is 12.9. The van der Waals surface area contributed by atoms with E-state index in [9.17, 15) is 9.59 Å². The number of halogens is 1. The van der Waals surface area contributed by atoms with Gasteiger partial charge < -0.3 is 24.6 Å². The molecule has 2 heterocycles. The third kappa shape index (κ3) is 5.57. The zero-order valence-corrected chi connectivity index (χ0v) is 16.5. The number of benzene rings is 1. The molecule has 0 aromatic heterocycles. The molecule has 7 nitrogen and oxygen atoms in total. The lowest BCUT2D eigenvalue weighted by molar-refractivity contribution is -0.135. The van der Waals surface area contributed by atoms with Gasteiger partial charge in [0.25, 0.3) is 5.91 Å². The van der Waals surface area contributed by atoms with Gasteiger partial charge in [0.15, 0.2) is 0 Å². The Bertz CT molecular complexity index is 643. The fourth-order valence-electron chi connectivity index (χ4n) is 3.55. The van der Waals surface area contributed by atoms with Crippen LogP contribution in [0.25, 0.3) is 0 Å². The first-order valence-electron chi connectivity index (χ1n) is 9.20. The smallest absolute Gasteiger partial charge is 0.254 e. The number of ether oxygens (including phenoxy) is 2. The number of carbonyl (C=O) groups is 2. The second-order valence-corrected chi connectivity index (χ2v) is 6.68. The van der Waals surface area contributed by atoms with Crippen LogP contribution < -0.4 is 10.1 Å². The summed E-state index contributed by atoms with van der Waals surface area (Å²) in [5.41, 5.74) is 0.618. The second-order valence-electron chi connectivity index (χ2n) is 6.68. The lowest BCUT2D eigenvalue weighted by atomic mass is 10.0. The molecule has 2 aliphatic rings. The molecule has 1 atom stereocenters. The Morgan fingerprint density at radius 2 is 2.15 bits per heavy atom. The van der Waals surface area contributed by atoms with Crippen molar-refractivity contribution in [3.05, 3.63) is 29.8 Å². The van der Waals surface area contributed by atoms with Gasteiger partial charge in [0, 0.05) is 44.9 Å². The van der Waals surface area contributed by atoms with Crippen molar-refractivity contribution < 1.29 is 19.1 Å². The molecule has 0 radical (unpaired) electrons. The molecule has 1 aromatic carbocycles. The number of nitrogens with zero attached hydrogens (tertiary/aromatic N) is 2. The van der Waals surface area contributed by atoms with Crippen LogP contribution in [0.15, 0.2) is 24.3 Å². The highest BCUT2D eigenvalue weighted by atomic mass is 35.5. The summed E-state index contributed by atoms with van der Waals surface area (Å²) in [7, 11) is 1.62. The number of hydrogen-bond acceptors (Lipinski definition) is 5. The molecule has 0 bridgehead atoms. The summed E-state index contributed by atoms with van der Waals surface area (Å²) in [6.45, 7) is 4.20. The summed E-state index contributed by atoms with van der Waals surface area (Å²) in [6, 6.07) is 7.37. The monoisotopic (exact) mass is 397 g/mol. The maximum Gasteiger partial charge on any atom is 0.254 e. The average Bonchev–Trinajstić information content (AvgIpc) is 2.68. The van der Waals surface area contributed by atoms with Crippen molar-refractivity contribution in [1.82, 2.24) is 15.1 Å². The van der Waals surface area contributed by atoms with Gasteiger partial charge in [-0.2, -0.15) is 0 Å². The number of methoxy groups -OCH3 is 1. The lowest BCUT2D eigenvalue weighted by Crippen LogP contribution is -2.57. The first-order valence-corrected chi connectivity index (χ1v) is 9.20. The molecule has 1 aromatic rings. The first-order chi connectivity index (χ1) is 12.7. The van der Waals surface area contributed by atoms with E-state index in [2.05, 4.69) is 5.32 Å². The van der Waals surface area contributed by atoms with Crippen molar-refractivity contribution in [2.75, 3.05) is 53.0 Å². The highest BCUT2D eigenvalue weighted by molar-refractivity contribution is 5.94. The summed E-state index contributed by atoms with van der Waals surface area (Å²) in [6.07, 6.45) is 1.87. The van der Waals surface area contributed by atoms with Crippen LogP contribution in [0, 0.1) is 0 Å². The van der Waals surface area contributed by atoms with Crippen molar-refractivity contribution in [3.8, 4) is 5.75 Å². The summed E-state index contributed by atoms with van der Waals surface area (Å²) in [4.78, 5) is 28.9. The van der Waals surface area contributed by atoms with E-state index < -0.39 is 0 Å². The van der Waals surface area contributed by atoms with Gasteiger partial charge in [-0.1, -0.05) is 6.07 Å². The first kappa shape index (κ1) is 21.5. The molecule has 3 rings (SSSR count). The minimum absolute atomic E-state index is 0. The molecule has 2 saturated heterocycles. The van der Waals surface area contributed by atoms with Crippen LogP contribution >= 0.6 is 12.4 Å². The molecule has 2 fully saturated rings. The molecule has 150 valence electrons. The van der Waals surface area contributed by atoms with Crippen molar-refractivity contribution >= 4 is 24.2 Å². The molecule has 0 spiro atoms. The van der Waals surface area contributed by atoms with Gasteiger partial charge in [0.2, 0.25) is 5.91 Å². The SMILES string of the molecule is COCCOc1cccc(C(=O)N2CCCC(N3CCNCC3=O)C2)c1.Cl. The lowest BCUT2D eigenvalue weighted by Gasteiger charge is -2.41. The Morgan fingerprint density at radius 1 is 1.30 bits per heavy atom. The largest absolute Gasteiger partial charge is 0.491 e. The van der Waals surface area contributed by atoms with Crippen LogP contribution in [0.5, 0.6) is 5.75 Å². The van der Waals surface area contributed by atoms with Crippen LogP contribution in [-0.2, 0) is 9.53 Å². The number of rotatable bonds is 6. The topological polar surface area (TPSA) is 71.1 Å². The molecule has 0 saturated carbocycles. The number of likely N-dealkylation sites (tertiary alicyclic amines) is 1. The van der Waals surface area contributed by atoms with Gasteiger partial charge in [-0.3, -0.25) is 9.59 Å². The Labute approximate surface area is 166 Å². The van der Waals surface area contributed by atoms with E-state index in [0.717, 1.165) is 25.9 Å². The summed E-state index contributed by atoms with van der Waals surface area (Å²) >= 11 is 0. The Morgan fingerprint density at radius 3 is 2.93 bits per heavy atom. The van der Waals surface area contributed by atoms with Gasteiger partial charge in [-0.15, -0.1) is 12.4 Å². The van der Waals surface area contributed by atoms with Crippen molar-refractivity contribution in [3.63, 3.8) is 0 Å². The molecular formula is C19H28ClN3O4. The van der Waals surface area contributed by atoms with Crippen molar-refractivity contribution in [1.29, 1.82) is 0 Å². The average molecular weight is 398 g/mol. The van der Waals surface area contributed by atoms with E-state index in [1.165, 1.54) is 0 Å². The number of hydrogen-bond donors (Lipinski definition) is 1. The molecule has 2 aliphatic heterocycles. The van der Waals surface area contributed by atoms with Gasteiger partial charge in [-0.05, 0) is 31.0 Å². The Kier molecular flexibility index (Phi) is 8.34. The molecular weight excluding hydrogens is 370 g/mol. The fourth-order valence-corrected chi connectivity index (χ4v) is 3.55. The van der Waals surface area contributed by atoms with Gasteiger partial charge >= 0.3 is 0 Å². The third-order valence-electron chi connectivity index (χ3n) is 4.89. The normalized spacial score (nSPS) is 20.2. The minimum atomic E-state index is -0.00512. The zero-order chi connectivity index (χ0) is 18.4. The quantitative estimate of drug-likeness (QED) is 0.729. The van der Waals surface area contributed by atoms with E-state index >= 15 is 0 Å². The predicted molar refractivity (Wildman–Crippen MR) is 105 cm³/mol. The van der Waals surface area contributed by atoms with Crippen LogP contribution in [-0.4, -0.2) is 80.7 Å². The molecule has 2 amide bonds. The highest BCUT2D eigenvalue weighted by Gasteiger charge is 2.31. The molecule has 0 aliphatic carbocycles. The van der Waals surface area contributed by atoms with E-state index in [1.54, 1.807) is 13.2 Å². The zero-order valence-electron chi connectivity index (χ0n) is 15.7. The van der Waals surface area contributed by atoms with Crippen LogP contribution in [0.2, 0.25) is 0 Å². The predicted octanol–water partition coefficient (Wildman–Crippen LogP) is 1.17. The third-order valence-corrected chi connectivity index (χ3v) is 4.89. The number of amides is 2. The minimum Gasteiger partial charge on any atom is -0.491 e. The Balaban J connectivity index is 0.00000261. The number of carbonyl (C=O) groups excluding carboxylic acids is 2. The fraction of sp³-hybridized carbons (Fsp3) is 0.579. The molecule has 27 heavy (non-hydrogen) atoms. The molecule has 1 N–H and O–H groups in total. The van der Waals surface area contributed by atoms with Gasteiger partial charge in [0.05, 0.1) is 13.2 Å². The molecule has 1 unspecified atom stereocenters. The van der Waals surface area contributed by atoms with Gasteiger partial charge in [0.1, 0.15) is 12.4 Å². The summed E-state index contributed by atoms with van der Waals surface area (Å²) in [5, 5.41) is 3.10. The molecule has 8 heteroatoms. The van der Waals surface area contributed by atoms with E-state index in [4.69, 9.17) is 9.47 Å². The van der Waals surface area contributed by atoms with E-state index in [1.807, 2.05) is 28.0 Å².